The van der Waals surface area contributed by atoms with Crippen molar-refractivity contribution in [3.05, 3.63) is 0 Å². The van der Waals surface area contributed by atoms with Crippen molar-refractivity contribution in [1.29, 1.82) is 0 Å². The lowest BCUT2D eigenvalue weighted by molar-refractivity contribution is 0.107. The van der Waals surface area contributed by atoms with Gasteiger partial charge in [-0.3, -0.25) is 0 Å². The third-order valence-corrected chi connectivity index (χ3v) is 9.90. The summed E-state index contributed by atoms with van der Waals surface area (Å²) in [5, 5.41) is 3.83. The van der Waals surface area contributed by atoms with Crippen molar-refractivity contribution in [2.24, 2.45) is 11.8 Å². The fourth-order valence-electron chi connectivity index (χ4n) is 3.15. The topological polar surface area (TPSA) is 67.4 Å². The van der Waals surface area contributed by atoms with E-state index in [0.717, 1.165) is 0 Å². The van der Waals surface area contributed by atoms with Crippen LogP contribution < -0.4 is 5.32 Å². The van der Waals surface area contributed by atoms with Gasteiger partial charge in [-0.05, 0) is 39.5 Å². The Morgan fingerprint density at radius 1 is 0.630 bits per heavy atom. The molecule has 27 heavy (non-hydrogen) atoms. The van der Waals surface area contributed by atoms with Crippen molar-refractivity contribution in [1.82, 2.24) is 5.32 Å². The van der Waals surface area contributed by atoms with Gasteiger partial charge in [-0.2, -0.15) is 0 Å². The van der Waals surface area contributed by atoms with Gasteiger partial charge in [0.05, 0.1) is 24.5 Å². The predicted molar refractivity (Wildman–Crippen MR) is 114 cm³/mol. The molecule has 0 bridgehead atoms. The average molecular weight is 426 g/mol. The average Bonchev–Trinajstić information content (AvgIpc) is 2.63. The van der Waals surface area contributed by atoms with Crippen molar-refractivity contribution in [3.63, 3.8) is 0 Å². The maximum atomic E-state index is 6.05. The van der Waals surface area contributed by atoms with E-state index >= 15 is 0 Å². The number of rotatable bonds is 18. The maximum absolute atomic E-state index is 6.05. The zero-order valence-electron chi connectivity index (χ0n) is 18.7. The largest absolute Gasteiger partial charge is 0.396 e. The molecule has 4 unspecified atom stereocenters. The van der Waals surface area contributed by atoms with Crippen LogP contribution >= 0.6 is 0 Å². The van der Waals surface area contributed by atoms with E-state index < -0.39 is 18.6 Å². The molecule has 0 fully saturated rings. The molecule has 0 aromatic rings. The van der Waals surface area contributed by atoms with Crippen molar-refractivity contribution in [2.45, 2.75) is 52.9 Å². The molecule has 0 aromatic carbocycles. The quantitative estimate of drug-likeness (QED) is 0.334. The van der Waals surface area contributed by atoms with Gasteiger partial charge in [-0.1, -0.05) is 13.8 Å². The van der Waals surface area contributed by atoms with Gasteiger partial charge in [0, 0.05) is 40.6 Å². The van der Waals surface area contributed by atoms with Gasteiger partial charge in [-0.15, -0.1) is 0 Å². The first kappa shape index (κ1) is 27.2. The van der Waals surface area contributed by atoms with Crippen LogP contribution in [0.3, 0.4) is 0 Å². The minimum absolute atomic E-state index is 0.0880. The van der Waals surface area contributed by atoms with Crippen LogP contribution in [-0.4, -0.2) is 83.8 Å². The molecule has 4 atom stereocenters. The Kier molecular flexibility index (Phi) is 17.1. The van der Waals surface area contributed by atoms with Crippen LogP contribution in [0.5, 0.6) is 0 Å². The normalized spacial score (nSPS) is 16.7. The van der Waals surface area contributed by atoms with Gasteiger partial charge in [0.15, 0.2) is 0 Å². The van der Waals surface area contributed by atoms with Crippen LogP contribution in [0.15, 0.2) is 0 Å². The Hall–Kier alpha value is 0.154. The molecule has 0 spiro atoms. The lowest BCUT2D eigenvalue weighted by Gasteiger charge is -2.37. The summed E-state index contributed by atoms with van der Waals surface area (Å²) >= 11 is 0. The first-order valence-corrected chi connectivity index (χ1v) is 13.4. The number of nitrogens with one attached hydrogen (secondary N) is 1. The summed E-state index contributed by atoms with van der Waals surface area (Å²) in [6.07, 6.45) is 0. The molecule has 0 amide bonds. The Bertz CT molecular complexity index is 301. The van der Waals surface area contributed by atoms with Gasteiger partial charge in [0.2, 0.25) is 0 Å². The van der Waals surface area contributed by atoms with E-state index in [4.69, 9.17) is 27.2 Å². The SMILES string of the molecule is CCO[SiH](OCC)C(NC(C(C)COC)[SiH](OCC)OCC)C(C)COC. The van der Waals surface area contributed by atoms with Gasteiger partial charge < -0.3 is 32.5 Å². The Labute approximate surface area is 170 Å². The second kappa shape index (κ2) is 17.0. The van der Waals surface area contributed by atoms with E-state index in [1.807, 2.05) is 27.7 Å². The van der Waals surface area contributed by atoms with E-state index in [1.165, 1.54) is 0 Å². The van der Waals surface area contributed by atoms with Crippen LogP contribution in [-0.2, 0) is 27.2 Å². The Morgan fingerprint density at radius 2 is 0.926 bits per heavy atom. The molecule has 0 heterocycles. The highest BCUT2D eigenvalue weighted by atomic mass is 28.3. The zero-order valence-corrected chi connectivity index (χ0v) is 21.0. The monoisotopic (exact) mass is 425 g/mol. The number of methoxy groups -OCH3 is 2. The van der Waals surface area contributed by atoms with Gasteiger partial charge in [0.25, 0.3) is 0 Å². The minimum Gasteiger partial charge on any atom is -0.396 e. The van der Waals surface area contributed by atoms with Crippen molar-refractivity contribution in [3.8, 4) is 0 Å². The summed E-state index contributed by atoms with van der Waals surface area (Å²) in [4.78, 5) is 0. The van der Waals surface area contributed by atoms with Crippen LogP contribution in [0.4, 0.5) is 0 Å². The molecule has 0 saturated carbocycles. The Balaban J connectivity index is 5.62. The van der Waals surface area contributed by atoms with Crippen molar-refractivity contribution < 1.29 is 27.2 Å². The summed E-state index contributed by atoms with van der Waals surface area (Å²) in [6, 6.07) is 0. The molecule has 0 aliphatic heterocycles. The van der Waals surface area contributed by atoms with Gasteiger partial charge >= 0.3 is 18.6 Å². The summed E-state index contributed by atoms with van der Waals surface area (Å²) < 4.78 is 35.1. The molecular formula is C18H43NO6Si2. The van der Waals surface area contributed by atoms with Crippen LogP contribution in [0.1, 0.15) is 41.5 Å². The van der Waals surface area contributed by atoms with E-state index in [-0.39, 0.29) is 23.2 Å². The summed E-state index contributed by atoms with van der Waals surface area (Å²) in [7, 11) is -0.454. The van der Waals surface area contributed by atoms with E-state index in [0.29, 0.717) is 39.6 Å². The minimum atomic E-state index is -1.96. The summed E-state index contributed by atoms with van der Waals surface area (Å²) in [6.45, 7) is 16.3. The molecule has 0 saturated heterocycles. The third kappa shape index (κ3) is 10.5. The maximum Gasteiger partial charge on any atom is 0.339 e. The fourth-order valence-corrected chi connectivity index (χ4v) is 7.76. The predicted octanol–water partition coefficient (Wildman–Crippen LogP) is 1.54. The van der Waals surface area contributed by atoms with Crippen LogP contribution in [0.25, 0.3) is 0 Å². The van der Waals surface area contributed by atoms with E-state index in [1.54, 1.807) is 14.2 Å². The van der Waals surface area contributed by atoms with Gasteiger partial charge in [-0.25, -0.2) is 0 Å². The summed E-state index contributed by atoms with van der Waals surface area (Å²) in [5.74, 6) is 0.500. The molecule has 0 aromatic heterocycles. The smallest absolute Gasteiger partial charge is 0.339 e. The van der Waals surface area contributed by atoms with Crippen LogP contribution in [0.2, 0.25) is 0 Å². The lowest BCUT2D eigenvalue weighted by Crippen LogP contribution is -2.62. The van der Waals surface area contributed by atoms with E-state index in [2.05, 4.69) is 19.2 Å². The molecule has 9 heteroatoms. The lowest BCUT2D eigenvalue weighted by atomic mass is 10.1. The first-order chi connectivity index (χ1) is 13.0. The Morgan fingerprint density at radius 3 is 1.15 bits per heavy atom. The third-order valence-electron chi connectivity index (χ3n) is 4.38. The molecule has 0 aliphatic carbocycles. The number of hydrogen-bond donors (Lipinski definition) is 1. The van der Waals surface area contributed by atoms with Crippen molar-refractivity contribution in [2.75, 3.05) is 53.9 Å². The molecule has 0 radical (unpaired) electrons. The molecule has 164 valence electrons. The van der Waals surface area contributed by atoms with Crippen LogP contribution in [0, 0.1) is 11.8 Å². The van der Waals surface area contributed by atoms with E-state index in [9.17, 15) is 0 Å². The summed E-state index contributed by atoms with van der Waals surface area (Å²) in [5.41, 5.74) is 0.176. The fraction of sp³-hybridized carbons (Fsp3) is 1.00. The highest BCUT2D eigenvalue weighted by Crippen LogP contribution is 2.17. The number of hydrogen-bond acceptors (Lipinski definition) is 7. The molecule has 0 aliphatic rings. The molecular weight excluding hydrogens is 382 g/mol. The standard InChI is InChI=1S/C18H43NO6Si2/c1-9-22-26(23-10-2)17(15(5)13-20-7)19-18(16(6)14-21-8)27(24-11-3)25-12-4/h15-19,26-27H,9-14H2,1-8H3. The first-order valence-electron chi connectivity index (χ1n) is 10.2. The molecule has 7 nitrogen and oxygen atoms in total. The second-order valence-corrected chi connectivity index (χ2v) is 10.9. The highest BCUT2D eigenvalue weighted by Gasteiger charge is 2.39. The zero-order chi connectivity index (χ0) is 20.7. The molecule has 0 rings (SSSR count). The highest BCUT2D eigenvalue weighted by molar-refractivity contribution is 6.48. The van der Waals surface area contributed by atoms with Gasteiger partial charge in [0.1, 0.15) is 0 Å². The second-order valence-electron chi connectivity index (χ2n) is 6.64. The number of ether oxygens (including phenoxy) is 2. The molecule has 1 N–H and O–H groups in total. The van der Waals surface area contributed by atoms with Crippen molar-refractivity contribution >= 4 is 18.6 Å².